The minimum Gasteiger partial charge on any atom is -0.376 e. The van der Waals surface area contributed by atoms with Crippen LogP contribution in [0.25, 0.3) is 0 Å². The van der Waals surface area contributed by atoms with Crippen molar-refractivity contribution in [2.45, 2.75) is 50.5 Å². The van der Waals surface area contributed by atoms with E-state index < -0.39 is 10.0 Å². The number of rotatable bonds is 8. The second kappa shape index (κ2) is 10.1. The summed E-state index contributed by atoms with van der Waals surface area (Å²) in [6, 6.07) is 5.31. The second-order valence-corrected chi connectivity index (χ2v) is 9.78. The van der Waals surface area contributed by atoms with Crippen molar-refractivity contribution in [3.63, 3.8) is 0 Å². The normalized spacial score (nSPS) is 19.7. The van der Waals surface area contributed by atoms with Crippen LogP contribution >= 0.6 is 12.2 Å². The number of thiocarbonyl (C=S) groups is 1. The van der Waals surface area contributed by atoms with E-state index in [9.17, 15) is 8.42 Å². The standard InChI is InChI=1S/C20H32N4O3S2/c1-3-24(4-2)29(25,26)17-9-10-19(23-11-5-6-12-23)18(14-17)22-20(28)21-15-16-8-7-13-27-16/h9-10,14,16H,3-8,11-13,15H2,1-2H3,(H2,21,22,28)/t16-/m1/s1. The summed E-state index contributed by atoms with van der Waals surface area (Å²) in [4.78, 5) is 2.56. The van der Waals surface area contributed by atoms with Crippen molar-refractivity contribution in [3.8, 4) is 0 Å². The summed E-state index contributed by atoms with van der Waals surface area (Å²) >= 11 is 5.48. The van der Waals surface area contributed by atoms with Crippen molar-refractivity contribution in [2.24, 2.45) is 0 Å². The molecule has 2 saturated heterocycles. The summed E-state index contributed by atoms with van der Waals surface area (Å²) in [5.74, 6) is 0. The molecule has 2 N–H and O–H groups in total. The smallest absolute Gasteiger partial charge is 0.243 e. The van der Waals surface area contributed by atoms with Crippen molar-refractivity contribution < 1.29 is 13.2 Å². The largest absolute Gasteiger partial charge is 0.376 e. The fourth-order valence-corrected chi connectivity index (χ4v) is 5.58. The zero-order valence-electron chi connectivity index (χ0n) is 17.3. The molecule has 29 heavy (non-hydrogen) atoms. The van der Waals surface area contributed by atoms with Gasteiger partial charge < -0.3 is 20.3 Å². The molecule has 0 unspecified atom stereocenters. The minimum atomic E-state index is -3.53. The number of hydrogen-bond donors (Lipinski definition) is 2. The minimum absolute atomic E-state index is 0.183. The van der Waals surface area contributed by atoms with Gasteiger partial charge >= 0.3 is 0 Å². The molecule has 162 valence electrons. The van der Waals surface area contributed by atoms with Crippen molar-refractivity contribution in [1.82, 2.24) is 9.62 Å². The van der Waals surface area contributed by atoms with Crippen molar-refractivity contribution in [2.75, 3.05) is 49.5 Å². The molecule has 2 heterocycles. The first kappa shape index (κ1) is 22.3. The molecule has 3 rings (SSSR count). The Balaban J connectivity index is 1.81. The predicted molar refractivity (Wildman–Crippen MR) is 121 cm³/mol. The molecule has 1 atom stereocenters. The molecule has 0 aliphatic carbocycles. The highest BCUT2D eigenvalue weighted by atomic mass is 32.2. The van der Waals surface area contributed by atoms with Gasteiger partial charge in [0.1, 0.15) is 0 Å². The van der Waals surface area contributed by atoms with Crippen LogP contribution in [0.1, 0.15) is 39.5 Å². The molecule has 0 spiro atoms. The third kappa shape index (κ3) is 5.39. The lowest BCUT2D eigenvalue weighted by atomic mass is 10.2. The fourth-order valence-electron chi connectivity index (χ4n) is 3.90. The topological polar surface area (TPSA) is 73.9 Å². The highest BCUT2D eigenvalue weighted by molar-refractivity contribution is 7.89. The van der Waals surface area contributed by atoms with Gasteiger partial charge in [0.2, 0.25) is 10.0 Å². The number of hydrogen-bond acceptors (Lipinski definition) is 5. The first-order valence-corrected chi connectivity index (χ1v) is 12.4. The fraction of sp³-hybridized carbons (Fsp3) is 0.650. The average molecular weight is 441 g/mol. The van der Waals surface area contributed by atoms with E-state index in [0.717, 1.165) is 56.8 Å². The first-order chi connectivity index (χ1) is 14.0. The van der Waals surface area contributed by atoms with Crippen molar-refractivity contribution in [1.29, 1.82) is 0 Å². The van der Waals surface area contributed by atoms with Crippen LogP contribution in [0.2, 0.25) is 0 Å². The number of nitrogens with zero attached hydrogens (tertiary/aromatic N) is 2. The maximum Gasteiger partial charge on any atom is 0.243 e. The summed E-state index contributed by atoms with van der Waals surface area (Å²) in [6.45, 7) is 7.97. The number of nitrogens with one attached hydrogen (secondary N) is 2. The van der Waals surface area contributed by atoms with Crippen molar-refractivity contribution >= 4 is 38.7 Å². The van der Waals surface area contributed by atoms with Crippen LogP contribution in [0.15, 0.2) is 23.1 Å². The molecule has 0 aromatic heterocycles. The zero-order chi connectivity index (χ0) is 20.9. The molecule has 1 aromatic carbocycles. The number of ether oxygens (including phenoxy) is 1. The Hall–Kier alpha value is -1.42. The Kier molecular flexibility index (Phi) is 7.72. The van der Waals surface area contributed by atoms with Gasteiger partial charge in [0.05, 0.1) is 22.4 Å². The SMILES string of the molecule is CCN(CC)S(=O)(=O)c1ccc(N2CCCC2)c(NC(=S)NC[C@H]2CCCO2)c1. The second-order valence-electron chi connectivity index (χ2n) is 7.43. The van der Waals surface area contributed by atoms with Crippen LogP contribution in [-0.2, 0) is 14.8 Å². The molecular weight excluding hydrogens is 408 g/mol. The molecule has 2 fully saturated rings. The van der Waals surface area contributed by atoms with Crippen LogP contribution in [-0.4, -0.2) is 63.3 Å². The Morgan fingerprint density at radius 3 is 2.59 bits per heavy atom. The molecule has 2 aliphatic heterocycles. The lowest BCUT2D eigenvalue weighted by Gasteiger charge is -2.25. The Morgan fingerprint density at radius 2 is 1.97 bits per heavy atom. The highest BCUT2D eigenvalue weighted by Gasteiger charge is 2.25. The van der Waals surface area contributed by atoms with E-state index in [1.807, 2.05) is 19.9 Å². The summed E-state index contributed by atoms with van der Waals surface area (Å²) in [6.07, 6.45) is 4.58. The molecule has 1 aromatic rings. The van der Waals surface area contributed by atoms with Gasteiger partial charge in [-0.05, 0) is 56.1 Å². The number of benzene rings is 1. The van der Waals surface area contributed by atoms with E-state index >= 15 is 0 Å². The average Bonchev–Trinajstić information content (AvgIpc) is 3.41. The molecule has 2 aliphatic rings. The van der Waals surface area contributed by atoms with Gasteiger partial charge in [-0.25, -0.2) is 8.42 Å². The monoisotopic (exact) mass is 440 g/mol. The highest BCUT2D eigenvalue weighted by Crippen LogP contribution is 2.32. The lowest BCUT2D eigenvalue weighted by molar-refractivity contribution is 0.114. The van der Waals surface area contributed by atoms with Crippen molar-refractivity contribution in [3.05, 3.63) is 18.2 Å². The number of sulfonamides is 1. The van der Waals surface area contributed by atoms with Gasteiger partial charge in [0.25, 0.3) is 0 Å². The third-order valence-corrected chi connectivity index (χ3v) is 7.81. The molecular formula is C20H32N4O3S2. The summed E-state index contributed by atoms with van der Waals surface area (Å²) in [5.41, 5.74) is 1.72. The van der Waals surface area contributed by atoms with Gasteiger partial charge in [0, 0.05) is 39.3 Å². The third-order valence-electron chi connectivity index (χ3n) is 5.52. The first-order valence-electron chi connectivity index (χ1n) is 10.5. The molecule has 0 amide bonds. The maximum atomic E-state index is 13.0. The summed E-state index contributed by atoms with van der Waals surface area (Å²) in [5, 5.41) is 6.93. The molecule has 0 bridgehead atoms. The van der Waals surface area contributed by atoms with Crippen LogP contribution in [0, 0.1) is 0 Å². The van der Waals surface area contributed by atoms with Crippen LogP contribution in [0.5, 0.6) is 0 Å². The van der Waals surface area contributed by atoms with Gasteiger partial charge in [-0.2, -0.15) is 4.31 Å². The van der Waals surface area contributed by atoms with Crippen LogP contribution in [0.4, 0.5) is 11.4 Å². The van der Waals surface area contributed by atoms with E-state index in [1.54, 1.807) is 12.1 Å². The van der Waals surface area contributed by atoms with E-state index in [-0.39, 0.29) is 11.0 Å². The van der Waals surface area contributed by atoms with Gasteiger partial charge in [-0.15, -0.1) is 0 Å². The molecule has 7 nitrogen and oxygen atoms in total. The van der Waals surface area contributed by atoms with E-state index in [2.05, 4.69) is 15.5 Å². The Morgan fingerprint density at radius 1 is 1.24 bits per heavy atom. The summed E-state index contributed by atoms with van der Waals surface area (Å²) < 4.78 is 33.1. The Labute approximate surface area is 179 Å². The molecule has 0 radical (unpaired) electrons. The maximum absolute atomic E-state index is 13.0. The van der Waals surface area contributed by atoms with E-state index in [4.69, 9.17) is 17.0 Å². The Bertz CT molecular complexity index is 800. The zero-order valence-corrected chi connectivity index (χ0v) is 18.9. The van der Waals surface area contributed by atoms with Gasteiger partial charge in [0.15, 0.2) is 5.11 Å². The quantitative estimate of drug-likeness (QED) is 0.602. The van der Waals surface area contributed by atoms with Gasteiger partial charge in [-0.1, -0.05) is 13.8 Å². The summed E-state index contributed by atoms with van der Waals surface area (Å²) in [7, 11) is -3.53. The van der Waals surface area contributed by atoms with Gasteiger partial charge in [-0.3, -0.25) is 0 Å². The van der Waals surface area contributed by atoms with E-state index in [0.29, 0.717) is 24.7 Å². The lowest BCUT2D eigenvalue weighted by Crippen LogP contribution is -2.35. The molecule has 0 saturated carbocycles. The number of anilines is 2. The predicted octanol–water partition coefficient (Wildman–Crippen LogP) is 2.78. The van der Waals surface area contributed by atoms with E-state index in [1.165, 1.54) is 4.31 Å². The molecule has 9 heteroatoms. The van der Waals surface area contributed by atoms with Crippen LogP contribution < -0.4 is 15.5 Å². The van der Waals surface area contributed by atoms with Crippen LogP contribution in [0.3, 0.4) is 0 Å².